The minimum absolute atomic E-state index is 0.0376. The molecule has 80 valence electrons. The van der Waals surface area contributed by atoms with Gasteiger partial charge in [-0.3, -0.25) is 0 Å². The maximum Gasteiger partial charge on any atom is 0.285 e. The maximum absolute atomic E-state index is 13.2. The Morgan fingerprint density at radius 1 is 1.27 bits per heavy atom. The number of nitrogens with zero attached hydrogens (tertiary/aromatic N) is 1. The van der Waals surface area contributed by atoms with Crippen LogP contribution in [0.15, 0.2) is 28.7 Å². The molecule has 1 heterocycles. The molecule has 4 heteroatoms. The smallest absolute Gasteiger partial charge is 0.285 e. The van der Waals surface area contributed by atoms with Gasteiger partial charge < -0.3 is 4.57 Å². The zero-order valence-electron chi connectivity index (χ0n) is 8.39. The Bertz CT molecular complexity index is 511. The highest BCUT2D eigenvalue weighted by molar-refractivity contribution is 9.10. The lowest BCUT2D eigenvalue weighted by Crippen LogP contribution is -2.12. The molecular weight excluding hydrogens is 264 g/mol. The van der Waals surface area contributed by atoms with Crippen LogP contribution >= 0.6 is 15.9 Å². The first-order chi connectivity index (χ1) is 6.89. The van der Waals surface area contributed by atoms with E-state index < -0.39 is 5.92 Å². The number of halogens is 3. The third kappa shape index (κ3) is 1.78. The van der Waals surface area contributed by atoms with Gasteiger partial charge in [0.2, 0.25) is 0 Å². The molecule has 0 aliphatic rings. The number of rotatable bonds is 1. The van der Waals surface area contributed by atoms with E-state index in [4.69, 9.17) is 0 Å². The number of aryl methyl sites for hydroxylation is 1. The van der Waals surface area contributed by atoms with E-state index in [0.717, 1.165) is 22.3 Å². The quantitative estimate of drug-likeness (QED) is 0.739. The Labute approximate surface area is 94.8 Å². The highest BCUT2D eigenvalue weighted by Crippen LogP contribution is 2.32. The monoisotopic (exact) mass is 273 g/mol. The number of fused-ring (bicyclic) bond motifs is 1. The summed E-state index contributed by atoms with van der Waals surface area (Å²) in [6, 6.07) is 7.04. The normalized spacial score (nSPS) is 12.3. The molecule has 1 aromatic carbocycles. The van der Waals surface area contributed by atoms with Crippen molar-refractivity contribution in [3.8, 4) is 0 Å². The van der Waals surface area contributed by atoms with E-state index in [1.54, 1.807) is 7.05 Å². The number of benzene rings is 1. The van der Waals surface area contributed by atoms with Gasteiger partial charge in [0.05, 0.1) is 5.69 Å². The molecule has 0 aliphatic carbocycles. The van der Waals surface area contributed by atoms with Gasteiger partial charge in [-0.05, 0) is 24.3 Å². The van der Waals surface area contributed by atoms with Gasteiger partial charge in [0.15, 0.2) is 0 Å². The molecule has 2 aromatic rings. The second-order valence-corrected chi connectivity index (χ2v) is 4.60. The van der Waals surface area contributed by atoms with Crippen molar-refractivity contribution in [2.24, 2.45) is 7.05 Å². The summed E-state index contributed by atoms with van der Waals surface area (Å²) in [5.74, 6) is -2.81. The first-order valence-corrected chi connectivity index (χ1v) is 5.32. The van der Waals surface area contributed by atoms with Gasteiger partial charge in [-0.2, -0.15) is 0 Å². The fraction of sp³-hybridized carbons (Fsp3) is 0.273. The van der Waals surface area contributed by atoms with Crippen LogP contribution in [0.1, 0.15) is 12.6 Å². The zero-order chi connectivity index (χ0) is 11.2. The molecule has 0 bridgehead atoms. The van der Waals surface area contributed by atoms with Crippen LogP contribution in [0.4, 0.5) is 8.78 Å². The van der Waals surface area contributed by atoms with Crippen molar-refractivity contribution in [1.82, 2.24) is 4.57 Å². The van der Waals surface area contributed by atoms with Crippen LogP contribution in [-0.2, 0) is 13.0 Å². The molecule has 1 aromatic heterocycles. The Kier molecular flexibility index (Phi) is 2.34. The molecule has 1 nitrogen and oxygen atoms in total. The summed E-state index contributed by atoms with van der Waals surface area (Å²) in [5, 5.41) is 0.823. The second-order valence-electron chi connectivity index (χ2n) is 3.68. The largest absolute Gasteiger partial charge is 0.343 e. The fourth-order valence-electron chi connectivity index (χ4n) is 1.74. The third-order valence-electron chi connectivity index (χ3n) is 2.45. The van der Waals surface area contributed by atoms with Crippen molar-refractivity contribution in [3.63, 3.8) is 0 Å². The van der Waals surface area contributed by atoms with Crippen molar-refractivity contribution in [3.05, 3.63) is 34.4 Å². The summed E-state index contributed by atoms with van der Waals surface area (Å²) < 4.78 is 28.9. The van der Waals surface area contributed by atoms with E-state index >= 15 is 0 Å². The van der Waals surface area contributed by atoms with E-state index in [-0.39, 0.29) is 5.69 Å². The van der Waals surface area contributed by atoms with Crippen molar-refractivity contribution >= 4 is 26.8 Å². The zero-order valence-corrected chi connectivity index (χ0v) is 9.98. The fourth-order valence-corrected chi connectivity index (χ4v) is 2.12. The Balaban J connectivity index is 2.75. The minimum atomic E-state index is -2.81. The van der Waals surface area contributed by atoms with Gasteiger partial charge in [0.1, 0.15) is 0 Å². The number of hydrogen-bond donors (Lipinski definition) is 0. The van der Waals surface area contributed by atoms with E-state index in [2.05, 4.69) is 15.9 Å². The molecule has 2 rings (SSSR count). The van der Waals surface area contributed by atoms with E-state index in [1.165, 1.54) is 10.6 Å². The van der Waals surface area contributed by atoms with Crippen LogP contribution in [0, 0.1) is 0 Å². The van der Waals surface area contributed by atoms with E-state index in [0.29, 0.717) is 0 Å². The van der Waals surface area contributed by atoms with Crippen LogP contribution in [0.25, 0.3) is 10.9 Å². The van der Waals surface area contributed by atoms with E-state index in [9.17, 15) is 8.78 Å². The first kappa shape index (κ1) is 10.6. The molecule has 0 radical (unpaired) electrons. The van der Waals surface area contributed by atoms with E-state index in [1.807, 2.05) is 18.2 Å². The molecule has 0 amide bonds. The average molecular weight is 274 g/mol. The summed E-state index contributed by atoms with van der Waals surface area (Å²) >= 11 is 3.32. The lowest BCUT2D eigenvalue weighted by Gasteiger charge is -2.11. The predicted molar refractivity (Wildman–Crippen MR) is 60.2 cm³/mol. The molecule has 0 spiro atoms. The summed E-state index contributed by atoms with van der Waals surface area (Å²) in [6.07, 6.45) is 0. The highest BCUT2D eigenvalue weighted by atomic mass is 79.9. The maximum atomic E-state index is 13.2. The molecule has 0 N–H and O–H groups in total. The predicted octanol–water partition coefficient (Wildman–Crippen LogP) is 4.05. The molecule has 0 unspecified atom stereocenters. The SMILES string of the molecule is Cn1c(C(C)(F)F)cc2cc(Br)ccc21. The molecule has 0 saturated carbocycles. The molecule has 0 saturated heterocycles. The standard InChI is InChI=1S/C11H10BrF2N/c1-11(13,14)10-6-7-5-8(12)3-4-9(7)15(10)2/h3-6H,1-2H3. The Morgan fingerprint density at radius 3 is 2.53 bits per heavy atom. The lowest BCUT2D eigenvalue weighted by molar-refractivity contribution is 0.0103. The topological polar surface area (TPSA) is 4.93 Å². The summed E-state index contributed by atoms with van der Waals surface area (Å²) in [4.78, 5) is 0. The Morgan fingerprint density at radius 2 is 1.93 bits per heavy atom. The van der Waals surface area contributed by atoms with Crippen LogP contribution in [0.3, 0.4) is 0 Å². The van der Waals surface area contributed by atoms with Crippen molar-refractivity contribution in [2.75, 3.05) is 0 Å². The van der Waals surface area contributed by atoms with Crippen LogP contribution in [0.5, 0.6) is 0 Å². The third-order valence-corrected chi connectivity index (χ3v) is 2.95. The number of alkyl halides is 2. The number of aromatic nitrogens is 1. The Hall–Kier alpha value is -0.900. The van der Waals surface area contributed by atoms with Gasteiger partial charge in [0.25, 0.3) is 5.92 Å². The molecule has 0 aliphatic heterocycles. The molecule has 15 heavy (non-hydrogen) atoms. The van der Waals surface area contributed by atoms with Crippen LogP contribution in [0.2, 0.25) is 0 Å². The van der Waals surface area contributed by atoms with Crippen LogP contribution < -0.4 is 0 Å². The van der Waals surface area contributed by atoms with Crippen molar-refractivity contribution in [1.29, 1.82) is 0 Å². The van der Waals surface area contributed by atoms with Crippen molar-refractivity contribution in [2.45, 2.75) is 12.8 Å². The second kappa shape index (κ2) is 3.30. The molecular formula is C11H10BrF2N. The van der Waals surface area contributed by atoms with Gasteiger partial charge in [-0.25, -0.2) is 8.78 Å². The first-order valence-electron chi connectivity index (χ1n) is 4.53. The van der Waals surface area contributed by atoms with Gasteiger partial charge in [0, 0.05) is 29.3 Å². The van der Waals surface area contributed by atoms with Gasteiger partial charge >= 0.3 is 0 Å². The summed E-state index contributed by atoms with van der Waals surface area (Å²) in [6.45, 7) is 0.913. The number of hydrogen-bond acceptors (Lipinski definition) is 0. The minimum Gasteiger partial charge on any atom is -0.343 e. The van der Waals surface area contributed by atoms with Crippen LogP contribution in [-0.4, -0.2) is 4.57 Å². The van der Waals surface area contributed by atoms with Gasteiger partial charge in [-0.1, -0.05) is 15.9 Å². The summed E-state index contributed by atoms with van der Waals surface area (Å²) in [7, 11) is 1.66. The van der Waals surface area contributed by atoms with Crippen molar-refractivity contribution < 1.29 is 8.78 Å². The average Bonchev–Trinajstić information content (AvgIpc) is 2.42. The summed E-state index contributed by atoms with van der Waals surface area (Å²) in [5.41, 5.74) is 0.852. The molecule has 0 fully saturated rings. The highest BCUT2D eigenvalue weighted by Gasteiger charge is 2.28. The van der Waals surface area contributed by atoms with Gasteiger partial charge in [-0.15, -0.1) is 0 Å². The molecule has 0 atom stereocenters. The lowest BCUT2D eigenvalue weighted by atomic mass is 10.2.